The second-order valence-corrected chi connectivity index (χ2v) is 7.22. The average Bonchev–Trinajstić information content (AvgIpc) is 3.36. The number of benzene rings is 2. The maximum Gasteiger partial charge on any atom is 0.329 e. The van der Waals surface area contributed by atoms with Gasteiger partial charge in [0.05, 0.1) is 36.8 Å². The molecule has 3 rings (SSSR count). The predicted molar refractivity (Wildman–Crippen MR) is 125 cm³/mol. The summed E-state index contributed by atoms with van der Waals surface area (Å²) in [6.07, 6.45) is 2.68. The quantitative estimate of drug-likeness (QED) is 0.234. The molecule has 0 atom stereocenters. The largest absolute Gasteiger partial charge is 0.493 e. The van der Waals surface area contributed by atoms with Crippen LogP contribution in [-0.2, 0) is 20.9 Å². The highest BCUT2D eigenvalue weighted by molar-refractivity contribution is 6.35. The third kappa shape index (κ3) is 7.30. The molecule has 2 aromatic carbocycles. The lowest BCUT2D eigenvalue weighted by Crippen LogP contribution is -2.37. The molecule has 12 heteroatoms. The molecular formula is C23H20ClFN4O6. The van der Waals surface area contributed by atoms with Crippen molar-refractivity contribution >= 4 is 41.2 Å². The molecule has 0 unspecified atom stereocenters. The Hall–Kier alpha value is -4.38. The number of furan rings is 1. The van der Waals surface area contributed by atoms with E-state index in [0.717, 1.165) is 0 Å². The van der Waals surface area contributed by atoms with Crippen LogP contribution in [0.3, 0.4) is 0 Å². The van der Waals surface area contributed by atoms with E-state index < -0.39 is 30.1 Å². The van der Waals surface area contributed by atoms with Gasteiger partial charge in [-0.2, -0.15) is 5.10 Å². The SMILES string of the molecule is COc1cc(/C=N\NC(=O)C(=O)NCc2ccco2)cc(Cl)c1OCC(=O)Nc1ccccc1F. The lowest BCUT2D eigenvalue weighted by atomic mass is 10.2. The third-order valence-corrected chi connectivity index (χ3v) is 4.62. The number of methoxy groups -OCH3 is 1. The van der Waals surface area contributed by atoms with Crippen LogP contribution in [0.1, 0.15) is 11.3 Å². The van der Waals surface area contributed by atoms with Crippen molar-refractivity contribution in [3.05, 3.63) is 77.0 Å². The first-order chi connectivity index (χ1) is 16.9. The summed E-state index contributed by atoms with van der Waals surface area (Å²) >= 11 is 6.25. The van der Waals surface area contributed by atoms with Crippen LogP contribution in [0.5, 0.6) is 11.5 Å². The van der Waals surface area contributed by atoms with Gasteiger partial charge in [-0.3, -0.25) is 14.4 Å². The molecule has 0 bridgehead atoms. The Morgan fingerprint density at radius 3 is 2.66 bits per heavy atom. The lowest BCUT2D eigenvalue weighted by molar-refractivity contribution is -0.139. The smallest absolute Gasteiger partial charge is 0.329 e. The van der Waals surface area contributed by atoms with Gasteiger partial charge in [-0.05, 0) is 42.0 Å². The number of hydrazone groups is 1. The van der Waals surface area contributed by atoms with Gasteiger partial charge in [0.1, 0.15) is 11.6 Å². The number of hydrogen-bond acceptors (Lipinski definition) is 7. The topological polar surface area (TPSA) is 131 Å². The zero-order valence-electron chi connectivity index (χ0n) is 18.3. The summed E-state index contributed by atoms with van der Waals surface area (Å²) in [5, 5.41) is 8.58. The first kappa shape index (κ1) is 25.2. The summed E-state index contributed by atoms with van der Waals surface area (Å²) in [5.74, 6) is -2.31. The van der Waals surface area contributed by atoms with E-state index in [1.54, 1.807) is 18.2 Å². The van der Waals surface area contributed by atoms with Gasteiger partial charge in [0.15, 0.2) is 18.1 Å². The number of ether oxygens (including phenoxy) is 2. The summed E-state index contributed by atoms with van der Waals surface area (Å²) in [4.78, 5) is 35.7. The van der Waals surface area contributed by atoms with Crippen LogP contribution >= 0.6 is 11.6 Å². The molecule has 10 nitrogen and oxygen atoms in total. The number of amides is 3. The molecule has 0 aliphatic carbocycles. The molecular weight excluding hydrogens is 483 g/mol. The number of nitrogens with zero attached hydrogens (tertiary/aromatic N) is 1. The number of nitrogens with one attached hydrogen (secondary N) is 3. The second kappa shape index (κ2) is 12.2. The van der Waals surface area contributed by atoms with Crippen molar-refractivity contribution in [3.8, 4) is 11.5 Å². The van der Waals surface area contributed by atoms with Crippen molar-refractivity contribution < 1.29 is 32.7 Å². The number of anilines is 1. The molecule has 35 heavy (non-hydrogen) atoms. The number of para-hydroxylation sites is 1. The highest BCUT2D eigenvalue weighted by atomic mass is 35.5. The summed E-state index contributed by atoms with van der Waals surface area (Å²) in [7, 11) is 1.37. The van der Waals surface area contributed by atoms with E-state index in [4.69, 9.17) is 25.5 Å². The minimum Gasteiger partial charge on any atom is -0.493 e. The van der Waals surface area contributed by atoms with Crippen molar-refractivity contribution in [1.82, 2.24) is 10.7 Å². The molecule has 0 aliphatic rings. The zero-order valence-corrected chi connectivity index (χ0v) is 19.1. The van der Waals surface area contributed by atoms with E-state index >= 15 is 0 Å². The zero-order chi connectivity index (χ0) is 25.2. The molecule has 0 radical (unpaired) electrons. The fourth-order valence-corrected chi connectivity index (χ4v) is 2.99. The van der Waals surface area contributed by atoms with Crippen LogP contribution in [0.4, 0.5) is 10.1 Å². The van der Waals surface area contributed by atoms with E-state index in [1.165, 1.54) is 49.9 Å². The Morgan fingerprint density at radius 2 is 1.94 bits per heavy atom. The first-order valence-electron chi connectivity index (χ1n) is 10.1. The van der Waals surface area contributed by atoms with Crippen LogP contribution in [0, 0.1) is 5.82 Å². The third-order valence-electron chi connectivity index (χ3n) is 4.34. The summed E-state index contributed by atoms with van der Waals surface area (Å²) < 4.78 is 29.4. The molecule has 0 fully saturated rings. The molecule has 3 N–H and O–H groups in total. The number of halogens is 2. The van der Waals surface area contributed by atoms with E-state index in [1.807, 2.05) is 0 Å². The van der Waals surface area contributed by atoms with Gasteiger partial charge in [-0.1, -0.05) is 23.7 Å². The van der Waals surface area contributed by atoms with Crippen LogP contribution < -0.4 is 25.5 Å². The molecule has 1 aromatic heterocycles. The first-order valence-corrected chi connectivity index (χ1v) is 10.4. The monoisotopic (exact) mass is 502 g/mol. The van der Waals surface area contributed by atoms with E-state index in [9.17, 15) is 18.8 Å². The molecule has 182 valence electrons. The Morgan fingerprint density at radius 1 is 1.14 bits per heavy atom. The Kier molecular flexibility index (Phi) is 8.79. The Labute approximate surface area is 204 Å². The second-order valence-electron chi connectivity index (χ2n) is 6.81. The van der Waals surface area contributed by atoms with Gasteiger partial charge in [-0.15, -0.1) is 0 Å². The Bertz CT molecular complexity index is 1230. The molecule has 0 aliphatic heterocycles. The van der Waals surface area contributed by atoms with E-state index in [-0.39, 0.29) is 28.8 Å². The minimum atomic E-state index is -0.980. The van der Waals surface area contributed by atoms with Gasteiger partial charge >= 0.3 is 11.8 Å². The molecule has 3 amide bonds. The molecule has 1 heterocycles. The Balaban J connectivity index is 1.55. The van der Waals surface area contributed by atoms with Gasteiger partial charge in [0, 0.05) is 0 Å². The highest BCUT2D eigenvalue weighted by Gasteiger charge is 2.15. The van der Waals surface area contributed by atoms with Gasteiger partial charge in [0.25, 0.3) is 5.91 Å². The van der Waals surface area contributed by atoms with Crippen molar-refractivity contribution in [1.29, 1.82) is 0 Å². The minimum absolute atomic E-state index is 0.0161. The van der Waals surface area contributed by atoms with Crippen molar-refractivity contribution in [3.63, 3.8) is 0 Å². The maximum absolute atomic E-state index is 13.7. The lowest BCUT2D eigenvalue weighted by Gasteiger charge is -2.13. The highest BCUT2D eigenvalue weighted by Crippen LogP contribution is 2.36. The van der Waals surface area contributed by atoms with Crippen molar-refractivity contribution in [2.24, 2.45) is 5.10 Å². The standard InChI is InChI=1S/C23H20ClFN4O6/c1-33-19-10-14(11-27-29-23(32)22(31)26-12-15-5-4-8-34-15)9-16(24)21(19)35-13-20(30)28-18-7-3-2-6-17(18)25/h2-11H,12-13H2,1H3,(H,26,31)(H,28,30)(H,29,32)/b27-11-. The summed E-state index contributed by atoms with van der Waals surface area (Å²) in [5.41, 5.74) is 2.51. The van der Waals surface area contributed by atoms with E-state index in [2.05, 4.69) is 21.2 Å². The number of hydrogen-bond donors (Lipinski definition) is 3. The fraction of sp³-hybridized carbons (Fsp3) is 0.130. The van der Waals surface area contributed by atoms with Gasteiger partial charge in [-0.25, -0.2) is 9.82 Å². The van der Waals surface area contributed by atoms with Crippen LogP contribution in [0.2, 0.25) is 5.02 Å². The number of rotatable bonds is 9. The van der Waals surface area contributed by atoms with Gasteiger partial charge < -0.3 is 24.5 Å². The van der Waals surface area contributed by atoms with Crippen molar-refractivity contribution in [2.75, 3.05) is 19.0 Å². The summed E-state index contributed by atoms with van der Waals surface area (Å²) in [6.45, 7) is -0.406. The van der Waals surface area contributed by atoms with Crippen LogP contribution in [-0.4, -0.2) is 37.7 Å². The predicted octanol–water partition coefficient (Wildman–Crippen LogP) is 2.86. The fourth-order valence-electron chi connectivity index (χ4n) is 2.72. The van der Waals surface area contributed by atoms with Crippen molar-refractivity contribution in [2.45, 2.75) is 6.54 Å². The molecule has 0 saturated heterocycles. The number of carbonyl (C=O) groups excluding carboxylic acids is 3. The van der Waals surface area contributed by atoms with Crippen LogP contribution in [0.15, 0.2) is 64.3 Å². The molecule has 3 aromatic rings. The molecule has 0 spiro atoms. The average molecular weight is 503 g/mol. The van der Waals surface area contributed by atoms with Gasteiger partial charge in [0.2, 0.25) is 0 Å². The van der Waals surface area contributed by atoms with Crippen LogP contribution in [0.25, 0.3) is 0 Å². The molecule has 0 saturated carbocycles. The summed E-state index contributed by atoms with van der Waals surface area (Å²) in [6, 6.07) is 11.9. The van der Waals surface area contributed by atoms with E-state index in [0.29, 0.717) is 11.3 Å². The normalized spacial score (nSPS) is 10.6. The maximum atomic E-state index is 13.7. The number of carbonyl (C=O) groups is 3.